The number of hydrogen-bond acceptors (Lipinski definition) is 6. The lowest BCUT2D eigenvalue weighted by atomic mass is 10.1. The molecule has 1 fully saturated rings. The molecule has 2 aromatic carbocycles. The van der Waals surface area contributed by atoms with Crippen LogP contribution in [0.15, 0.2) is 52.4 Å². The molecule has 0 aliphatic carbocycles. The van der Waals surface area contributed by atoms with Gasteiger partial charge in [-0.3, -0.25) is 4.98 Å². The van der Waals surface area contributed by atoms with Crippen LogP contribution in [0.1, 0.15) is 11.1 Å². The van der Waals surface area contributed by atoms with Gasteiger partial charge in [0.25, 0.3) is 0 Å². The number of fused-ring (bicyclic) bond motifs is 1. The highest BCUT2D eigenvalue weighted by Crippen LogP contribution is 2.37. The fourth-order valence-electron chi connectivity index (χ4n) is 3.58. The van der Waals surface area contributed by atoms with Gasteiger partial charge >= 0.3 is 0 Å². The van der Waals surface area contributed by atoms with Gasteiger partial charge in [0.2, 0.25) is 9.84 Å². The Morgan fingerprint density at radius 2 is 1.79 bits per heavy atom. The summed E-state index contributed by atoms with van der Waals surface area (Å²) in [6, 6.07) is 10.8. The number of aryl methyl sites for hydroxylation is 2. The summed E-state index contributed by atoms with van der Waals surface area (Å²) < 4.78 is 38.1. The standard InChI is InChI=1S/C22H24N2O4S/c1-15-4-6-18(12-16(15)2)29(25,26)21-14-23-20-7-5-17(27-3)13-19(20)22(21)24-8-10-28-11-9-24/h4-7,12-14H,8-11H2,1-3H3. The number of rotatable bonds is 4. The van der Waals surface area contributed by atoms with Crippen LogP contribution in [0.2, 0.25) is 0 Å². The first-order valence-electron chi connectivity index (χ1n) is 9.53. The van der Waals surface area contributed by atoms with Gasteiger partial charge < -0.3 is 14.4 Å². The molecule has 6 nitrogen and oxygen atoms in total. The van der Waals surface area contributed by atoms with E-state index in [1.807, 2.05) is 38.1 Å². The Balaban J connectivity index is 1.98. The van der Waals surface area contributed by atoms with Crippen molar-refractivity contribution in [1.29, 1.82) is 0 Å². The van der Waals surface area contributed by atoms with Crippen LogP contribution in [0.3, 0.4) is 0 Å². The molecule has 0 saturated carbocycles. The number of hydrogen-bond donors (Lipinski definition) is 0. The zero-order chi connectivity index (χ0) is 20.6. The minimum Gasteiger partial charge on any atom is -0.497 e. The summed E-state index contributed by atoms with van der Waals surface area (Å²) in [7, 11) is -2.16. The molecule has 1 aromatic heterocycles. The summed E-state index contributed by atoms with van der Waals surface area (Å²) >= 11 is 0. The molecule has 0 atom stereocenters. The smallest absolute Gasteiger partial charge is 0.210 e. The topological polar surface area (TPSA) is 68.7 Å². The zero-order valence-corrected chi connectivity index (χ0v) is 17.6. The highest BCUT2D eigenvalue weighted by molar-refractivity contribution is 7.91. The second kappa shape index (κ2) is 7.65. The Bertz CT molecular complexity index is 1170. The molecule has 1 aliphatic rings. The van der Waals surface area contributed by atoms with E-state index in [2.05, 4.69) is 9.88 Å². The summed E-state index contributed by atoms with van der Waals surface area (Å²) in [5, 5.41) is 0.760. The van der Waals surface area contributed by atoms with E-state index in [-0.39, 0.29) is 9.79 Å². The third-order valence-corrected chi connectivity index (χ3v) is 7.17. The van der Waals surface area contributed by atoms with Gasteiger partial charge in [0, 0.05) is 24.7 Å². The predicted molar refractivity (Wildman–Crippen MR) is 113 cm³/mol. The Labute approximate surface area is 171 Å². The first-order chi connectivity index (χ1) is 13.9. The molecule has 0 amide bonds. The monoisotopic (exact) mass is 412 g/mol. The van der Waals surface area contributed by atoms with Gasteiger partial charge in [-0.25, -0.2) is 8.42 Å². The molecule has 1 aliphatic heterocycles. The molecule has 3 aromatic rings. The van der Waals surface area contributed by atoms with Crippen molar-refractivity contribution < 1.29 is 17.9 Å². The first-order valence-corrected chi connectivity index (χ1v) is 11.0. The van der Waals surface area contributed by atoms with E-state index < -0.39 is 9.84 Å². The number of anilines is 1. The second-order valence-corrected chi connectivity index (χ2v) is 9.12. The highest BCUT2D eigenvalue weighted by atomic mass is 32.2. The fraction of sp³-hybridized carbons (Fsp3) is 0.318. The van der Waals surface area contributed by atoms with Crippen LogP contribution < -0.4 is 9.64 Å². The second-order valence-electron chi connectivity index (χ2n) is 7.20. The van der Waals surface area contributed by atoms with E-state index in [1.54, 1.807) is 19.2 Å². The summed E-state index contributed by atoms with van der Waals surface area (Å²) in [6.45, 7) is 6.22. The van der Waals surface area contributed by atoms with Crippen molar-refractivity contribution in [3.8, 4) is 5.75 Å². The zero-order valence-electron chi connectivity index (χ0n) is 16.8. The van der Waals surface area contributed by atoms with Crippen LogP contribution in [0, 0.1) is 13.8 Å². The van der Waals surface area contributed by atoms with Crippen molar-refractivity contribution in [2.75, 3.05) is 38.3 Å². The summed E-state index contributed by atoms with van der Waals surface area (Å²) in [6.07, 6.45) is 1.48. The van der Waals surface area contributed by atoms with Gasteiger partial charge in [0.15, 0.2) is 0 Å². The van der Waals surface area contributed by atoms with Crippen LogP contribution in [-0.2, 0) is 14.6 Å². The lowest BCUT2D eigenvalue weighted by Gasteiger charge is -2.31. The molecule has 2 heterocycles. The van der Waals surface area contributed by atoms with Crippen LogP contribution in [0.4, 0.5) is 5.69 Å². The number of morpholine rings is 1. The largest absolute Gasteiger partial charge is 0.497 e. The third kappa shape index (κ3) is 3.56. The molecular weight excluding hydrogens is 388 g/mol. The van der Waals surface area contributed by atoms with Crippen LogP contribution >= 0.6 is 0 Å². The molecule has 0 unspecified atom stereocenters. The maximum absolute atomic E-state index is 13.6. The summed E-state index contributed by atoms with van der Waals surface area (Å²) in [5.74, 6) is 0.662. The molecule has 0 N–H and O–H groups in total. The third-order valence-electron chi connectivity index (χ3n) is 5.42. The average molecular weight is 413 g/mol. The van der Waals surface area contributed by atoms with Crippen LogP contribution in [0.25, 0.3) is 10.9 Å². The normalized spacial score (nSPS) is 14.9. The molecule has 0 spiro atoms. The minimum absolute atomic E-state index is 0.211. The highest BCUT2D eigenvalue weighted by Gasteiger charge is 2.28. The molecule has 1 saturated heterocycles. The number of benzene rings is 2. The number of methoxy groups -OCH3 is 1. The molecule has 4 rings (SSSR count). The SMILES string of the molecule is COc1ccc2ncc(S(=O)(=O)c3ccc(C)c(C)c3)c(N3CCOCC3)c2c1. The van der Waals surface area contributed by atoms with Gasteiger partial charge in [-0.2, -0.15) is 0 Å². The van der Waals surface area contributed by atoms with Crippen molar-refractivity contribution in [2.24, 2.45) is 0 Å². The Hall–Kier alpha value is -2.64. The Morgan fingerprint density at radius 3 is 2.48 bits per heavy atom. The van der Waals surface area contributed by atoms with Crippen molar-refractivity contribution in [1.82, 2.24) is 4.98 Å². The average Bonchev–Trinajstić information content (AvgIpc) is 2.74. The van der Waals surface area contributed by atoms with E-state index in [0.717, 1.165) is 22.0 Å². The van der Waals surface area contributed by atoms with Gasteiger partial charge in [-0.15, -0.1) is 0 Å². The van der Waals surface area contributed by atoms with Crippen molar-refractivity contribution >= 4 is 26.4 Å². The fourth-order valence-corrected chi connectivity index (χ4v) is 5.10. The molecule has 0 radical (unpaired) electrons. The van der Waals surface area contributed by atoms with E-state index >= 15 is 0 Å². The Morgan fingerprint density at radius 1 is 1.03 bits per heavy atom. The van der Waals surface area contributed by atoms with Crippen LogP contribution in [0.5, 0.6) is 5.75 Å². The molecular formula is C22H24N2O4S. The van der Waals surface area contributed by atoms with E-state index in [0.29, 0.717) is 37.7 Å². The first kappa shape index (κ1) is 19.7. The molecule has 152 valence electrons. The van der Waals surface area contributed by atoms with Crippen LogP contribution in [-0.4, -0.2) is 46.8 Å². The molecule has 0 bridgehead atoms. The van der Waals surface area contributed by atoms with Crippen molar-refractivity contribution in [3.63, 3.8) is 0 Å². The Kier molecular flexibility index (Phi) is 5.19. The quantitative estimate of drug-likeness (QED) is 0.653. The predicted octanol–water partition coefficient (Wildman–Crippen LogP) is 3.53. The summed E-state index contributed by atoms with van der Waals surface area (Å²) in [5.41, 5.74) is 3.38. The van der Waals surface area contributed by atoms with E-state index in [9.17, 15) is 8.42 Å². The minimum atomic E-state index is -3.76. The van der Waals surface area contributed by atoms with Gasteiger partial charge in [0.1, 0.15) is 10.6 Å². The van der Waals surface area contributed by atoms with Gasteiger partial charge in [-0.1, -0.05) is 6.07 Å². The number of aromatic nitrogens is 1. The van der Waals surface area contributed by atoms with Gasteiger partial charge in [0.05, 0.1) is 36.4 Å². The van der Waals surface area contributed by atoms with Crippen molar-refractivity contribution in [3.05, 3.63) is 53.7 Å². The van der Waals surface area contributed by atoms with E-state index in [4.69, 9.17) is 9.47 Å². The maximum Gasteiger partial charge on any atom is 0.210 e. The maximum atomic E-state index is 13.6. The van der Waals surface area contributed by atoms with Gasteiger partial charge in [-0.05, 0) is 55.3 Å². The number of nitrogens with zero attached hydrogens (tertiary/aromatic N) is 2. The lowest BCUT2D eigenvalue weighted by Crippen LogP contribution is -2.37. The summed E-state index contributed by atoms with van der Waals surface area (Å²) in [4.78, 5) is 7.01. The van der Waals surface area contributed by atoms with E-state index in [1.165, 1.54) is 6.20 Å². The number of sulfone groups is 1. The lowest BCUT2D eigenvalue weighted by molar-refractivity contribution is 0.122. The van der Waals surface area contributed by atoms with Crippen molar-refractivity contribution in [2.45, 2.75) is 23.6 Å². The number of pyridine rings is 1. The molecule has 7 heteroatoms. The number of ether oxygens (including phenoxy) is 2. The molecule has 29 heavy (non-hydrogen) atoms.